The van der Waals surface area contributed by atoms with Gasteiger partial charge in [0.1, 0.15) is 12.6 Å². The summed E-state index contributed by atoms with van der Waals surface area (Å²) in [6.07, 6.45) is -2.68. The Morgan fingerprint density at radius 2 is 1.70 bits per heavy atom. The number of carbonyl (C=O) groups excluding carboxylic acids is 2. The van der Waals surface area contributed by atoms with Gasteiger partial charge >= 0.3 is 12.1 Å². The number of hydrogen-bond acceptors (Lipinski definition) is 3. The number of halogens is 3. The van der Waals surface area contributed by atoms with Crippen molar-refractivity contribution in [3.8, 4) is 0 Å². The molecule has 2 N–H and O–H groups in total. The Bertz CT molecular complexity index is 487. The molecule has 2 fully saturated rings. The summed E-state index contributed by atoms with van der Waals surface area (Å²) in [7, 11) is 0. The molecule has 0 spiro atoms. The van der Waals surface area contributed by atoms with Gasteiger partial charge in [-0.05, 0) is 32.1 Å². The Morgan fingerprint density at radius 1 is 1.13 bits per heavy atom. The van der Waals surface area contributed by atoms with Crippen molar-refractivity contribution in [2.75, 3.05) is 13.1 Å². The Kier molecular flexibility index (Phi) is 5.16. The third-order valence-corrected chi connectivity index (χ3v) is 4.43. The summed E-state index contributed by atoms with van der Waals surface area (Å²) in [5, 5.41) is 11.4. The molecule has 1 aliphatic carbocycles. The van der Waals surface area contributed by atoms with Gasteiger partial charge in [-0.15, -0.1) is 0 Å². The summed E-state index contributed by atoms with van der Waals surface area (Å²) in [6, 6.07) is -0.915. The van der Waals surface area contributed by atoms with E-state index in [9.17, 15) is 27.6 Å². The molecule has 1 atom stereocenters. The summed E-state index contributed by atoms with van der Waals surface area (Å²) in [5.74, 6) is -2.79. The second-order valence-corrected chi connectivity index (χ2v) is 6.11. The largest absolute Gasteiger partial charge is 0.481 e. The lowest BCUT2D eigenvalue weighted by atomic mass is 9.81. The van der Waals surface area contributed by atoms with E-state index < -0.39 is 36.6 Å². The van der Waals surface area contributed by atoms with Crippen LogP contribution in [-0.4, -0.2) is 53.1 Å². The van der Waals surface area contributed by atoms with E-state index in [-0.39, 0.29) is 24.8 Å². The fourth-order valence-electron chi connectivity index (χ4n) is 3.14. The van der Waals surface area contributed by atoms with Gasteiger partial charge in [0, 0.05) is 12.5 Å². The number of hydrogen-bond donors (Lipinski definition) is 2. The molecule has 0 aromatic rings. The van der Waals surface area contributed by atoms with Crippen LogP contribution in [0.3, 0.4) is 0 Å². The van der Waals surface area contributed by atoms with Crippen molar-refractivity contribution in [2.45, 2.75) is 44.3 Å². The van der Waals surface area contributed by atoms with Crippen molar-refractivity contribution < 1.29 is 32.7 Å². The van der Waals surface area contributed by atoms with Crippen LogP contribution in [0.4, 0.5) is 13.2 Å². The van der Waals surface area contributed by atoms with Crippen LogP contribution in [0.25, 0.3) is 0 Å². The van der Waals surface area contributed by atoms with Crippen LogP contribution in [0.5, 0.6) is 0 Å². The number of carboxylic acids is 1. The molecule has 0 bridgehead atoms. The molecule has 130 valence electrons. The fraction of sp³-hybridized carbons (Fsp3) is 0.786. The average Bonchev–Trinajstić information content (AvgIpc) is 2.78. The molecule has 0 radical (unpaired) electrons. The van der Waals surface area contributed by atoms with Crippen molar-refractivity contribution in [3.63, 3.8) is 0 Å². The molecule has 1 saturated heterocycles. The molecular weight excluding hydrogens is 317 g/mol. The highest BCUT2D eigenvalue weighted by atomic mass is 19.4. The standard InChI is InChI=1S/C14H19F3N2O4/c15-14(16,17)7-19-6-5-10(12(19)21)18-11(20)8-1-3-9(4-2-8)13(22)23/h8-10H,1-7H2,(H,18,20)(H,22,23). The van der Waals surface area contributed by atoms with E-state index in [4.69, 9.17) is 5.11 Å². The highest BCUT2D eigenvalue weighted by Gasteiger charge is 2.40. The first kappa shape index (κ1) is 17.6. The number of nitrogens with one attached hydrogen (secondary N) is 1. The molecule has 2 aliphatic rings. The highest BCUT2D eigenvalue weighted by molar-refractivity contribution is 5.90. The molecule has 1 heterocycles. The maximum atomic E-state index is 12.3. The smallest absolute Gasteiger partial charge is 0.406 e. The molecular formula is C14H19F3N2O4. The lowest BCUT2D eigenvalue weighted by molar-refractivity contribution is -0.158. The van der Waals surface area contributed by atoms with Crippen molar-refractivity contribution in [1.82, 2.24) is 10.2 Å². The zero-order valence-corrected chi connectivity index (χ0v) is 12.4. The van der Waals surface area contributed by atoms with Crippen molar-refractivity contribution >= 4 is 17.8 Å². The second-order valence-electron chi connectivity index (χ2n) is 6.11. The number of carboxylic acid groups (broad SMARTS) is 1. The maximum Gasteiger partial charge on any atom is 0.406 e. The number of aliphatic carboxylic acids is 1. The van der Waals surface area contributed by atoms with Gasteiger partial charge in [0.05, 0.1) is 5.92 Å². The van der Waals surface area contributed by atoms with Crippen LogP contribution in [-0.2, 0) is 14.4 Å². The quantitative estimate of drug-likeness (QED) is 0.806. The zero-order valence-electron chi connectivity index (χ0n) is 12.4. The van der Waals surface area contributed by atoms with Crippen molar-refractivity contribution in [2.24, 2.45) is 11.8 Å². The third-order valence-electron chi connectivity index (χ3n) is 4.43. The van der Waals surface area contributed by atoms with E-state index in [0.29, 0.717) is 30.6 Å². The zero-order chi connectivity index (χ0) is 17.2. The lowest BCUT2D eigenvalue weighted by Gasteiger charge is -2.26. The Balaban J connectivity index is 1.82. The number of carbonyl (C=O) groups is 3. The first-order valence-corrected chi connectivity index (χ1v) is 7.56. The SMILES string of the molecule is O=C(O)C1CCC(C(=O)NC2CCN(CC(F)(F)F)C2=O)CC1. The minimum absolute atomic E-state index is 0.0327. The predicted octanol–water partition coefficient (Wildman–Crippen LogP) is 1.16. The van der Waals surface area contributed by atoms with Crippen LogP contribution in [0.1, 0.15) is 32.1 Å². The summed E-state index contributed by atoms with van der Waals surface area (Å²) in [4.78, 5) is 35.6. The third kappa shape index (κ3) is 4.59. The van der Waals surface area contributed by atoms with E-state index >= 15 is 0 Å². The Labute approximate surface area is 131 Å². The monoisotopic (exact) mass is 336 g/mol. The normalized spacial score (nSPS) is 28.7. The van der Waals surface area contributed by atoms with Crippen LogP contribution < -0.4 is 5.32 Å². The highest BCUT2D eigenvalue weighted by Crippen LogP contribution is 2.29. The van der Waals surface area contributed by atoms with Crippen molar-refractivity contribution in [1.29, 1.82) is 0 Å². The van der Waals surface area contributed by atoms with Crippen LogP contribution in [0.2, 0.25) is 0 Å². The fourth-order valence-corrected chi connectivity index (χ4v) is 3.14. The summed E-state index contributed by atoms with van der Waals surface area (Å²) in [6.45, 7) is -1.34. The lowest BCUT2D eigenvalue weighted by Crippen LogP contribution is -2.46. The molecule has 0 aromatic heterocycles. The summed E-state index contributed by atoms with van der Waals surface area (Å²) < 4.78 is 37.0. The Hall–Kier alpha value is -1.80. The summed E-state index contributed by atoms with van der Waals surface area (Å²) >= 11 is 0. The number of amides is 2. The molecule has 6 nitrogen and oxygen atoms in total. The number of nitrogens with zero attached hydrogens (tertiary/aromatic N) is 1. The van der Waals surface area contributed by atoms with E-state index in [1.54, 1.807) is 0 Å². The van der Waals surface area contributed by atoms with Gasteiger partial charge in [0.15, 0.2) is 0 Å². The average molecular weight is 336 g/mol. The molecule has 2 amide bonds. The summed E-state index contributed by atoms with van der Waals surface area (Å²) in [5.41, 5.74) is 0. The van der Waals surface area contributed by atoms with Gasteiger partial charge < -0.3 is 15.3 Å². The van der Waals surface area contributed by atoms with Gasteiger partial charge in [-0.25, -0.2) is 0 Å². The van der Waals surface area contributed by atoms with Crippen LogP contribution in [0.15, 0.2) is 0 Å². The number of likely N-dealkylation sites (tertiary alicyclic amines) is 1. The van der Waals surface area contributed by atoms with E-state index in [2.05, 4.69) is 5.32 Å². The van der Waals surface area contributed by atoms with E-state index in [1.807, 2.05) is 0 Å². The Morgan fingerprint density at radius 3 is 2.22 bits per heavy atom. The van der Waals surface area contributed by atoms with E-state index in [1.165, 1.54) is 0 Å². The van der Waals surface area contributed by atoms with Crippen molar-refractivity contribution in [3.05, 3.63) is 0 Å². The maximum absolute atomic E-state index is 12.3. The molecule has 1 unspecified atom stereocenters. The molecule has 23 heavy (non-hydrogen) atoms. The van der Waals surface area contributed by atoms with Crippen LogP contribution >= 0.6 is 0 Å². The molecule has 0 aromatic carbocycles. The first-order chi connectivity index (χ1) is 10.7. The van der Waals surface area contributed by atoms with Gasteiger partial charge in [-0.2, -0.15) is 13.2 Å². The minimum Gasteiger partial charge on any atom is -0.481 e. The van der Waals surface area contributed by atoms with Gasteiger partial charge in [0.25, 0.3) is 0 Å². The predicted molar refractivity (Wildman–Crippen MR) is 72.3 cm³/mol. The number of rotatable bonds is 4. The number of alkyl halides is 3. The molecule has 2 rings (SSSR count). The second kappa shape index (κ2) is 6.76. The van der Waals surface area contributed by atoms with E-state index in [0.717, 1.165) is 0 Å². The minimum atomic E-state index is -4.45. The molecule has 1 saturated carbocycles. The topological polar surface area (TPSA) is 86.7 Å². The first-order valence-electron chi connectivity index (χ1n) is 7.56. The van der Waals surface area contributed by atoms with Gasteiger partial charge in [-0.3, -0.25) is 14.4 Å². The van der Waals surface area contributed by atoms with Gasteiger partial charge in [-0.1, -0.05) is 0 Å². The van der Waals surface area contributed by atoms with Crippen LogP contribution in [0, 0.1) is 11.8 Å². The molecule has 1 aliphatic heterocycles. The van der Waals surface area contributed by atoms with Gasteiger partial charge in [0.2, 0.25) is 11.8 Å². The molecule has 9 heteroatoms.